The lowest BCUT2D eigenvalue weighted by molar-refractivity contribution is 0.0915. The van der Waals surface area contributed by atoms with Crippen molar-refractivity contribution in [1.82, 2.24) is 10.3 Å². The molecule has 88 valence electrons. The van der Waals surface area contributed by atoms with E-state index in [4.69, 9.17) is 28.3 Å². The summed E-state index contributed by atoms with van der Waals surface area (Å²) >= 11 is 11.4. The second kappa shape index (κ2) is 6.03. The molecular formula is C10H12Cl2N2O2. The van der Waals surface area contributed by atoms with Crippen molar-refractivity contribution in [2.75, 3.05) is 6.61 Å². The molecule has 0 aliphatic carbocycles. The van der Waals surface area contributed by atoms with Gasteiger partial charge >= 0.3 is 0 Å². The topological polar surface area (TPSA) is 62.2 Å². The Bertz CT molecular complexity index is 381. The van der Waals surface area contributed by atoms with Gasteiger partial charge in [0.25, 0.3) is 5.91 Å². The molecule has 0 aromatic carbocycles. The van der Waals surface area contributed by atoms with Gasteiger partial charge in [0.1, 0.15) is 10.3 Å². The summed E-state index contributed by atoms with van der Waals surface area (Å²) in [5, 5.41) is 11.9. The van der Waals surface area contributed by atoms with Gasteiger partial charge in [-0.15, -0.1) is 0 Å². The second-order valence-electron chi connectivity index (χ2n) is 3.23. The van der Waals surface area contributed by atoms with Gasteiger partial charge in [-0.3, -0.25) is 4.79 Å². The number of amides is 1. The summed E-state index contributed by atoms with van der Waals surface area (Å²) < 4.78 is 0. The van der Waals surface area contributed by atoms with Crippen molar-refractivity contribution in [3.8, 4) is 0 Å². The smallest absolute Gasteiger partial charge is 0.254 e. The van der Waals surface area contributed by atoms with Gasteiger partial charge in [0, 0.05) is 0 Å². The summed E-state index contributed by atoms with van der Waals surface area (Å²) in [6, 6.07) is 2.71. The molecule has 0 spiro atoms. The van der Waals surface area contributed by atoms with E-state index in [0.717, 1.165) is 0 Å². The molecule has 1 amide bonds. The number of halogens is 2. The predicted molar refractivity (Wildman–Crippen MR) is 62.9 cm³/mol. The van der Waals surface area contributed by atoms with E-state index in [9.17, 15) is 4.79 Å². The van der Waals surface area contributed by atoms with Crippen LogP contribution >= 0.6 is 23.2 Å². The molecule has 0 unspecified atom stereocenters. The van der Waals surface area contributed by atoms with Crippen LogP contribution in [0.1, 0.15) is 23.7 Å². The van der Waals surface area contributed by atoms with Crippen LogP contribution in [0.2, 0.25) is 10.3 Å². The molecular weight excluding hydrogens is 251 g/mol. The summed E-state index contributed by atoms with van der Waals surface area (Å²) in [4.78, 5) is 15.5. The van der Waals surface area contributed by atoms with Gasteiger partial charge in [-0.2, -0.15) is 0 Å². The molecule has 1 aromatic heterocycles. The zero-order chi connectivity index (χ0) is 12.1. The average molecular weight is 263 g/mol. The zero-order valence-electron chi connectivity index (χ0n) is 8.70. The van der Waals surface area contributed by atoms with Crippen LogP contribution < -0.4 is 5.32 Å². The van der Waals surface area contributed by atoms with E-state index < -0.39 is 0 Å². The standard InChI is InChI=1S/C10H12Cl2N2O2/c1-2-6(5-15)13-10(16)7-3-4-8(11)14-9(7)12/h3-4,6,15H,2,5H2,1H3,(H,13,16)/t6-/m1/s1. The molecule has 0 radical (unpaired) electrons. The van der Waals surface area contributed by atoms with Crippen LogP contribution in [0.25, 0.3) is 0 Å². The molecule has 1 atom stereocenters. The molecule has 2 N–H and O–H groups in total. The van der Waals surface area contributed by atoms with Crippen LogP contribution in [-0.4, -0.2) is 28.6 Å². The van der Waals surface area contributed by atoms with E-state index in [1.807, 2.05) is 6.92 Å². The minimum atomic E-state index is -0.366. The third-order valence-corrected chi connectivity index (χ3v) is 2.61. The summed E-state index contributed by atoms with van der Waals surface area (Å²) in [6.07, 6.45) is 0.640. The Balaban J connectivity index is 2.80. The molecule has 16 heavy (non-hydrogen) atoms. The maximum Gasteiger partial charge on any atom is 0.254 e. The molecule has 0 aliphatic heterocycles. The quantitative estimate of drug-likeness (QED) is 0.815. The van der Waals surface area contributed by atoms with E-state index in [2.05, 4.69) is 10.3 Å². The van der Waals surface area contributed by atoms with Crippen molar-refractivity contribution in [2.45, 2.75) is 19.4 Å². The first kappa shape index (κ1) is 13.2. The first-order chi connectivity index (χ1) is 7.58. The van der Waals surface area contributed by atoms with Crippen LogP contribution in [0.15, 0.2) is 12.1 Å². The van der Waals surface area contributed by atoms with Crippen molar-refractivity contribution in [1.29, 1.82) is 0 Å². The minimum absolute atomic E-state index is 0.0535. The van der Waals surface area contributed by atoms with Crippen LogP contribution in [0, 0.1) is 0 Å². The van der Waals surface area contributed by atoms with Crippen molar-refractivity contribution >= 4 is 29.1 Å². The maximum absolute atomic E-state index is 11.7. The highest BCUT2D eigenvalue weighted by Gasteiger charge is 2.15. The number of hydrogen-bond donors (Lipinski definition) is 2. The van der Waals surface area contributed by atoms with Gasteiger partial charge in [0.15, 0.2) is 0 Å². The number of aliphatic hydroxyl groups excluding tert-OH is 1. The molecule has 0 fully saturated rings. The molecule has 6 heteroatoms. The Kier molecular flexibility index (Phi) is 4.99. The van der Waals surface area contributed by atoms with Gasteiger partial charge in [-0.05, 0) is 18.6 Å². The Labute approximate surface area is 104 Å². The SMILES string of the molecule is CC[C@H](CO)NC(=O)c1ccc(Cl)nc1Cl. The molecule has 0 aliphatic rings. The number of carbonyl (C=O) groups excluding carboxylic acids is 1. The van der Waals surface area contributed by atoms with Crippen molar-refractivity contribution in [3.63, 3.8) is 0 Å². The summed E-state index contributed by atoms with van der Waals surface area (Å²) in [7, 11) is 0. The Morgan fingerprint density at radius 3 is 2.75 bits per heavy atom. The molecule has 0 saturated heterocycles. The van der Waals surface area contributed by atoms with Crippen LogP contribution in [0.4, 0.5) is 0 Å². The molecule has 0 bridgehead atoms. The fourth-order valence-corrected chi connectivity index (χ4v) is 1.55. The summed E-state index contributed by atoms with van der Waals surface area (Å²) in [5.74, 6) is -0.366. The minimum Gasteiger partial charge on any atom is -0.394 e. The zero-order valence-corrected chi connectivity index (χ0v) is 10.2. The van der Waals surface area contributed by atoms with E-state index >= 15 is 0 Å². The highest BCUT2D eigenvalue weighted by molar-refractivity contribution is 6.34. The van der Waals surface area contributed by atoms with Crippen molar-refractivity contribution < 1.29 is 9.90 Å². The fraction of sp³-hybridized carbons (Fsp3) is 0.400. The molecule has 0 saturated carbocycles. The lowest BCUT2D eigenvalue weighted by atomic mass is 10.2. The van der Waals surface area contributed by atoms with Crippen LogP contribution in [0.5, 0.6) is 0 Å². The highest BCUT2D eigenvalue weighted by atomic mass is 35.5. The molecule has 4 nitrogen and oxygen atoms in total. The number of carbonyl (C=O) groups is 1. The Morgan fingerprint density at radius 1 is 1.56 bits per heavy atom. The van der Waals surface area contributed by atoms with Crippen molar-refractivity contribution in [3.05, 3.63) is 28.0 Å². The third-order valence-electron chi connectivity index (χ3n) is 2.11. The first-order valence-electron chi connectivity index (χ1n) is 4.82. The number of nitrogens with zero attached hydrogens (tertiary/aromatic N) is 1. The number of hydrogen-bond acceptors (Lipinski definition) is 3. The number of nitrogens with one attached hydrogen (secondary N) is 1. The van der Waals surface area contributed by atoms with E-state index in [1.165, 1.54) is 12.1 Å². The monoisotopic (exact) mass is 262 g/mol. The Hall–Kier alpha value is -0.840. The summed E-state index contributed by atoms with van der Waals surface area (Å²) in [5.41, 5.74) is 0.248. The van der Waals surface area contributed by atoms with Crippen LogP contribution in [0.3, 0.4) is 0 Å². The molecule has 1 aromatic rings. The molecule has 1 heterocycles. The number of rotatable bonds is 4. The lowest BCUT2D eigenvalue weighted by Gasteiger charge is -2.14. The maximum atomic E-state index is 11.7. The van der Waals surface area contributed by atoms with Crippen molar-refractivity contribution in [2.24, 2.45) is 0 Å². The van der Waals surface area contributed by atoms with Crippen LogP contribution in [-0.2, 0) is 0 Å². The normalized spacial score (nSPS) is 12.2. The second-order valence-corrected chi connectivity index (χ2v) is 3.98. The van der Waals surface area contributed by atoms with E-state index in [0.29, 0.717) is 6.42 Å². The van der Waals surface area contributed by atoms with Gasteiger partial charge in [0.05, 0.1) is 18.2 Å². The predicted octanol–water partition coefficient (Wildman–Crippen LogP) is 1.89. The van der Waals surface area contributed by atoms with Gasteiger partial charge in [-0.1, -0.05) is 30.1 Å². The third kappa shape index (κ3) is 3.33. The number of aliphatic hydroxyl groups is 1. The average Bonchev–Trinajstić information content (AvgIpc) is 2.25. The number of pyridine rings is 1. The largest absolute Gasteiger partial charge is 0.394 e. The van der Waals surface area contributed by atoms with Gasteiger partial charge in [-0.25, -0.2) is 4.98 Å². The van der Waals surface area contributed by atoms with E-state index in [-0.39, 0.29) is 34.4 Å². The highest BCUT2D eigenvalue weighted by Crippen LogP contribution is 2.16. The molecule has 1 rings (SSSR count). The lowest BCUT2D eigenvalue weighted by Crippen LogP contribution is -2.37. The first-order valence-corrected chi connectivity index (χ1v) is 5.57. The number of aromatic nitrogens is 1. The Morgan fingerprint density at radius 2 is 2.25 bits per heavy atom. The van der Waals surface area contributed by atoms with Gasteiger partial charge < -0.3 is 10.4 Å². The van der Waals surface area contributed by atoms with E-state index in [1.54, 1.807) is 0 Å². The fourth-order valence-electron chi connectivity index (χ4n) is 1.12. The summed E-state index contributed by atoms with van der Waals surface area (Å²) in [6.45, 7) is 1.75. The van der Waals surface area contributed by atoms with Gasteiger partial charge in [0.2, 0.25) is 0 Å².